The molecule has 3 aliphatic rings. The maximum Gasteiger partial charge on any atom is 0.433 e. The normalized spacial score (nSPS) is 28.4. The summed E-state index contributed by atoms with van der Waals surface area (Å²) < 4.78 is 45.1. The van der Waals surface area contributed by atoms with Crippen LogP contribution in [0.1, 0.15) is 31.0 Å². The number of fused-ring (bicyclic) bond motifs is 1. The molecule has 2 aliphatic heterocycles. The van der Waals surface area contributed by atoms with Gasteiger partial charge in [-0.1, -0.05) is 0 Å². The third-order valence-corrected chi connectivity index (χ3v) is 6.32. The predicted molar refractivity (Wildman–Crippen MR) is 94.7 cm³/mol. The van der Waals surface area contributed by atoms with Gasteiger partial charge in [-0.15, -0.1) is 0 Å². The summed E-state index contributed by atoms with van der Waals surface area (Å²) >= 11 is 0. The van der Waals surface area contributed by atoms with E-state index in [9.17, 15) is 23.2 Å². The first kappa shape index (κ1) is 18.8. The first-order valence-electron chi connectivity index (χ1n) is 9.35. The lowest BCUT2D eigenvalue weighted by molar-refractivity contribution is -0.142. The summed E-state index contributed by atoms with van der Waals surface area (Å²) in [5, 5.41) is 9.70. The van der Waals surface area contributed by atoms with Crippen LogP contribution in [0.4, 0.5) is 24.7 Å². The number of rotatable bonds is 4. The van der Waals surface area contributed by atoms with Crippen LogP contribution in [0, 0.1) is 29.1 Å². The molecule has 1 aromatic rings. The summed E-state index contributed by atoms with van der Waals surface area (Å²) in [6.45, 7) is 3.58. The molecule has 28 heavy (non-hydrogen) atoms. The van der Waals surface area contributed by atoms with Crippen molar-refractivity contribution in [3.05, 3.63) is 17.3 Å². The zero-order valence-corrected chi connectivity index (χ0v) is 15.7. The van der Waals surface area contributed by atoms with E-state index in [4.69, 9.17) is 4.74 Å². The van der Waals surface area contributed by atoms with E-state index in [2.05, 4.69) is 11.1 Å². The SMILES string of the molecule is COC(=O)CC1C2CN(c3cc(C(F)(F)F)nc(N4CC[C@@H]4C)c3C#N)CC12. The van der Waals surface area contributed by atoms with Crippen molar-refractivity contribution in [3.8, 4) is 6.07 Å². The fraction of sp³-hybridized carbons (Fsp3) is 0.632. The molecule has 2 unspecified atom stereocenters. The smallest absolute Gasteiger partial charge is 0.433 e. The van der Waals surface area contributed by atoms with Gasteiger partial charge in [0.25, 0.3) is 0 Å². The molecule has 4 rings (SSSR count). The zero-order valence-electron chi connectivity index (χ0n) is 15.7. The Morgan fingerprint density at radius 1 is 1.39 bits per heavy atom. The lowest BCUT2D eigenvalue weighted by atomic mass is 10.0. The molecule has 1 aromatic heterocycles. The van der Waals surface area contributed by atoms with Gasteiger partial charge < -0.3 is 14.5 Å². The third kappa shape index (κ3) is 3.05. The number of methoxy groups -OCH3 is 1. The van der Waals surface area contributed by atoms with E-state index in [1.54, 1.807) is 4.90 Å². The number of piperidine rings is 1. The monoisotopic (exact) mass is 394 g/mol. The van der Waals surface area contributed by atoms with Crippen LogP contribution in [0.3, 0.4) is 0 Å². The first-order chi connectivity index (χ1) is 13.2. The number of halogens is 3. The second kappa shape index (κ2) is 6.54. The van der Waals surface area contributed by atoms with Crippen LogP contribution >= 0.6 is 0 Å². The highest BCUT2D eigenvalue weighted by atomic mass is 19.4. The number of hydrogen-bond acceptors (Lipinski definition) is 6. The predicted octanol–water partition coefficient (Wildman–Crippen LogP) is 2.82. The maximum atomic E-state index is 13.4. The molecule has 0 N–H and O–H groups in total. The molecule has 0 amide bonds. The van der Waals surface area contributed by atoms with Gasteiger partial charge in [-0.2, -0.15) is 18.4 Å². The van der Waals surface area contributed by atoms with Crippen LogP contribution < -0.4 is 9.80 Å². The van der Waals surface area contributed by atoms with Crippen LogP contribution in [0.2, 0.25) is 0 Å². The number of esters is 1. The molecule has 0 radical (unpaired) electrons. The topological polar surface area (TPSA) is 69.5 Å². The Labute approximate surface area is 160 Å². The van der Waals surface area contributed by atoms with Crippen LogP contribution in [0.5, 0.6) is 0 Å². The molecule has 2 saturated heterocycles. The highest BCUT2D eigenvalue weighted by Gasteiger charge is 2.56. The Morgan fingerprint density at radius 2 is 2.07 bits per heavy atom. The molecule has 1 aliphatic carbocycles. The number of nitriles is 1. The van der Waals surface area contributed by atoms with Gasteiger partial charge in [0.2, 0.25) is 0 Å². The van der Waals surface area contributed by atoms with Crippen molar-refractivity contribution in [2.24, 2.45) is 17.8 Å². The summed E-state index contributed by atoms with van der Waals surface area (Å²) in [4.78, 5) is 18.9. The fourth-order valence-corrected chi connectivity index (χ4v) is 4.48. The number of hydrogen-bond donors (Lipinski definition) is 0. The lowest BCUT2D eigenvalue weighted by Crippen LogP contribution is -2.47. The summed E-state index contributed by atoms with van der Waals surface area (Å²) in [7, 11) is 1.35. The van der Waals surface area contributed by atoms with E-state index in [-0.39, 0.29) is 41.1 Å². The lowest BCUT2D eigenvalue weighted by Gasteiger charge is -2.41. The Hall–Kier alpha value is -2.50. The highest BCUT2D eigenvalue weighted by Crippen LogP contribution is 2.55. The molecule has 1 saturated carbocycles. The number of aromatic nitrogens is 1. The Kier molecular flexibility index (Phi) is 4.40. The molecule has 0 spiro atoms. The van der Waals surface area contributed by atoms with Crippen molar-refractivity contribution in [3.63, 3.8) is 0 Å². The Balaban J connectivity index is 1.63. The van der Waals surface area contributed by atoms with Crippen molar-refractivity contribution >= 4 is 17.5 Å². The molecule has 3 fully saturated rings. The van der Waals surface area contributed by atoms with Crippen molar-refractivity contribution in [1.82, 2.24) is 4.98 Å². The average molecular weight is 394 g/mol. The van der Waals surface area contributed by atoms with E-state index in [1.807, 2.05) is 11.8 Å². The van der Waals surface area contributed by atoms with Gasteiger partial charge in [-0.3, -0.25) is 4.79 Å². The minimum absolute atomic E-state index is 0.0624. The van der Waals surface area contributed by atoms with E-state index in [0.717, 1.165) is 12.5 Å². The van der Waals surface area contributed by atoms with Gasteiger partial charge in [0.15, 0.2) is 0 Å². The van der Waals surface area contributed by atoms with E-state index >= 15 is 0 Å². The fourth-order valence-electron chi connectivity index (χ4n) is 4.48. The van der Waals surface area contributed by atoms with Crippen molar-refractivity contribution in [2.45, 2.75) is 32.0 Å². The van der Waals surface area contributed by atoms with Gasteiger partial charge in [0.1, 0.15) is 23.1 Å². The molecule has 0 aromatic carbocycles. The average Bonchev–Trinajstić information content (AvgIpc) is 3.07. The Bertz CT molecular complexity index is 839. The maximum absolute atomic E-state index is 13.4. The minimum Gasteiger partial charge on any atom is -0.469 e. The Morgan fingerprint density at radius 3 is 2.54 bits per heavy atom. The standard InChI is InChI=1S/C19H21F3N4O2/c1-10-3-4-26(10)18-12(7-23)15(6-16(24-18)19(20,21)22)25-8-13-11(14(13)9-25)5-17(27)28-2/h6,10-11,13-14H,3-5,8-9H2,1-2H3/t10-,11?,13?,14?/m0/s1. The van der Waals surface area contributed by atoms with E-state index < -0.39 is 11.9 Å². The summed E-state index contributed by atoms with van der Waals surface area (Å²) in [6.07, 6.45) is -3.38. The molecule has 0 bridgehead atoms. The number of carbonyl (C=O) groups excluding carboxylic acids is 1. The number of carbonyl (C=O) groups is 1. The number of ether oxygens (including phenoxy) is 1. The number of anilines is 2. The largest absolute Gasteiger partial charge is 0.469 e. The van der Waals surface area contributed by atoms with Crippen molar-refractivity contribution in [1.29, 1.82) is 5.26 Å². The van der Waals surface area contributed by atoms with Crippen LogP contribution in [0.25, 0.3) is 0 Å². The van der Waals surface area contributed by atoms with Crippen molar-refractivity contribution in [2.75, 3.05) is 36.5 Å². The van der Waals surface area contributed by atoms with Gasteiger partial charge in [0.05, 0.1) is 12.8 Å². The quantitative estimate of drug-likeness (QED) is 0.732. The van der Waals surface area contributed by atoms with Gasteiger partial charge >= 0.3 is 12.1 Å². The first-order valence-corrected chi connectivity index (χ1v) is 9.35. The highest BCUT2D eigenvalue weighted by molar-refractivity contribution is 5.73. The van der Waals surface area contributed by atoms with Crippen molar-refractivity contribution < 1.29 is 22.7 Å². The molecule has 3 atom stereocenters. The van der Waals surface area contributed by atoms with Crippen LogP contribution in [-0.4, -0.2) is 43.7 Å². The molecule has 150 valence electrons. The number of alkyl halides is 3. The van der Waals surface area contributed by atoms with E-state index in [0.29, 0.717) is 31.7 Å². The van der Waals surface area contributed by atoms with Crippen LogP contribution in [-0.2, 0) is 15.7 Å². The van der Waals surface area contributed by atoms with Gasteiger partial charge in [-0.05, 0) is 37.2 Å². The summed E-state index contributed by atoms with van der Waals surface area (Å²) in [5.41, 5.74) is -0.476. The summed E-state index contributed by atoms with van der Waals surface area (Å²) in [6, 6.07) is 3.14. The van der Waals surface area contributed by atoms with Crippen LogP contribution in [0.15, 0.2) is 6.07 Å². The number of pyridine rings is 1. The molecular formula is C19H21F3N4O2. The molecule has 9 heteroatoms. The van der Waals surface area contributed by atoms with Gasteiger partial charge in [0, 0.05) is 32.1 Å². The minimum atomic E-state index is -4.58. The second-order valence-corrected chi connectivity index (χ2v) is 7.84. The molecule has 3 heterocycles. The third-order valence-electron chi connectivity index (χ3n) is 6.32. The van der Waals surface area contributed by atoms with Gasteiger partial charge in [-0.25, -0.2) is 4.98 Å². The molecule has 6 nitrogen and oxygen atoms in total. The molecular weight excluding hydrogens is 373 g/mol. The number of nitrogens with zero attached hydrogens (tertiary/aromatic N) is 4. The summed E-state index contributed by atoms with van der Waals surface area (Å²) in [5.74, 6) is 0.575. The zero-order chi connectivity index (χ0) is 20.2. The second-order valence-electron chi connectivity index (χ2n) is 7.84. The van der Waals surface area contributed by atoms with E-state index in [1.165, 1.54) is 7.11 Å².